The zero-order valence-electron chi connectivity index (χ0n) is 19.5. The number of benzene rings is 2. The molecule has 0 amide bonds. The SMILES string of the molecule is COc1ccc(F)cc1C(C)(C)CC(O)(C(c1ccccc1)c1cc2ccncc2[nH]1)C(F)(F)F. The third-order valence-electron chi connectivity index (χ3n) is 6.46. The van der Waals surface area contributed by atoms with E-state index in [9.17, 15) is 22.7 Å². The molecule has 4 nitrogen and oxygen atoms in total. The summed E-state index contributed by atoms with van der Waals surface area (Å²) in [5, 5.41) is 12.3. The summed E-state index contributed by atoms with van der Waals surface area (Å²) in [4.78, 5) is 7.05. The van der Waals surface area contributed by atoms with E-state index in [1.54, 1.807) is 48.7 Å². The molecule has 4 rings (SSSR count). The molecular weight excluding hydrogens is 460 g/mol. The molecule has 0 aliphatic heterocycles. The van der Waals surface area contributed by atoms with Crippen LogP contribution in [0.2, 0.25) is 0 Å². The molecule has 0 radical (unpaired) electrons. The van der Waals surface area contributed by atoms with Gasteiger partial charge in [0.05, 0.1) is 24.7 Å². The normalized spacial score (nSPS) is 15.1. The molecule has 35 heavy (non-hydrogen) atoms. The van der Waals surface area contributed by atoms with Crippen molar-refractivity contribution in [1.29, 1.82) is 0 Å². The highest BCUT2D eigenvalue weighted by Gasteiger charge is 2.61. The number of aliphatic hydroxyl groups is 1. The highest BCUT2D eigenvalue weighted by molar-refractivity contribution is 5.79. The van der Waals surface area contributed by atoms with E-state index in [0.717, 1.165) is 6.07 Å². The van der Waals surface area contributed by atoms with Crippen LogP contribution in [0.15, 0.2) is 73.1 Å². The highest BCUT2D eigenvalue weighted by Crippen LogP contribution is 2.52. The van der Waals surface area contributed by atoms with Gasteiger partial charge in [-0.2, -0.15) is 13.2 Å². The molecule has 8 heteroatoms. The van der Waals surface area contributed by atoms with Crippen molar-refractivity contribution in [2.45, 2.75) is 43.4 Å². The van der Waals surface area contributed by atoms with Gasteiger partial charge in [0, 0.05) is 22.8 Å². The number of aromatic nitrogens is 2. The second-order valence-corrected chi connectivity index (χ2v) is 9.36. The number of pyridine rings is 1. The van der Waals surface area contributed by atoms with E-state index in [1.807, 2.05) is 0 Å². The molecule has 184 valence electrons. The Morgan fingerprint density at radius 3 is 2.37 bits per heavy atom. The minimum absolute atomic E-state index is 0.195. The number of methoxy groups -OCH3 is 1. The Morgan fingerprint density at radius 2 is 1.74 bits per heavy atom. The van der Waals surface area contributed by atoms with Crippen LogP contribution in [0, 0.1) is 5.82 Å². The van der Waals surface area contributed by atoms with Crippen LogP contribution in [-0.4, -0.2) is 34.0 Å². The van der Waals surface area contributed by atoms with Gasteiger partial charge in [-0.25, -0.2) is 4.39 Å². The molecule has 2 heterocycles. The van der Waals surface area contributed by atoms with Crippen molar-refractivity contribution in [1.82, 2.24) is 9.97 Å². The molecule has 2 aromatic carbocycles. The molecule has 0 bridgehead atoms. The lowest BCUT2D eigenvalue weighted by molar-refractivity contribution is -0.272. The minimum atomic E-state index is -5.03. The summed E-state index contributed by atoms with van der Waals surface area (Å²) in [7, 11) is 1.37. The van der Waals surface area contributed by atoms with Gasteiger partial charge in [-0.1, -0.05) is 44.2 Å². The fourth-order valence-electron chi connectivity index (χ4n) is 4.85. The number of hydrogen-bond donors (Lipinski definition) is 2. The summed E-state index contributed by atoms with van der Waals surface area (Å²) >= 11 is 0. The molecule has 2 unspecified atom stereocenters. The van der Waals surface area contributed by atoms with E-state index in [4.69, 9.17) is 4.74 Å². The molecule has 2 aromatic heterocycles. The number of aromatic amines is 1. The molecule has 0 spiro atoms. The van der Waals surface area contributed by atoms with Gasteiger partial charge in [0.25, 0.3) is 0 Å². The van der Waals surface area contributed by atoms with Crippen molar-refractivity contribution >= 4 is 10.9 Å². The van der Waals surface area contributed by atoms with Crippen LogP contribution in [0.4, 0.5) is 17.6 Å². The molecule has 0 fully saturated rings. The lowest BCUT2D eigenvalue weighted by Gasteiger charge is -2.43. The van der Waals surface area contributed by atoms with E-state index < -0.39 is 35.3 Å². The second-order valence-electron chi connectivity index (χ2n) is 9.36. The number of nitrogens with one attached hydrogen (secondary N) is 1. The number of hydrogen-bond acceptors (Lipinski definition) is 3. The standard InChI is InChI=1S/C27H26F4N2O2/c1-25(2,20-14-19(28)9-10-23(20)35-3)16-26(34,27(29,30)31)24(17-7-5-4-6-8-17)21-13-18-11-12-32-15-22(18)33-21/h4-15,24,33-34H,16H2,1-3H3. The lowest BCUT2D eigenvalue weighted by Crippen LogP contribution is -2.53. The first-order valence-corrected chi connectivity index (χ1v) is 11.1. The third-order valence-corrected chi connectivity index (χ3v) is 6.46. The monoisotopic (exact) mass is 486 g/mol. The van der Waals surface area contributed by atoms with Gasteiger partial charge in [0.2, 0.25) is 0 Å². The van der Waals surface area contributed by atoms with Gasteiger partial charge in [-0.05, 0) is 47.7 Å². The topological polar surface area (TPSA) is 58.1 Å². The summed E-state index contributed by atoms with van der Waals surface area (Å²) in [5.74, 6) is -1.85. The van der Waals surface area contributed by atoms with Gasteiger partial charge in [-0.15, -0.1) is 0 Å². The van der Waals surface area contributed by atoms with Crippen LogP contribution >= 0.6 is 0 Å². The quantitative estimate of drug-likeness (QED) is 0.293. The van der Waals surface area contributed by atoms with Crippen LogP contribution in [0.1, 0.15) is 43.0 Å². The molecular formula is C27H26F4N2O2. The van der Waals surface area contributed by atoms with Crippen molar-refractivity contribution in [3.8, 4) is 5.75 Å². The third kappa shape index (κ3) is 4.62. The van der Waals surface area contributed by atoms with E-state index >= 15 is 0 Å². The van der Waals surface area contributed by atoms with Crippen molar-refractivity contribution < 1.29 is 27.4 Å². The number of fused-ring (bicyclic) bond motifs is 1. The van der Waals surface area contributed by atoms with Crippen LogP contribution in [0.5, 0.6) is 5.75 Å². The highest BCUT2D eigenvalue weighted by atomic mass is 19.4. The van der Waals surface area contributed by atoms with Crippen LogP contribution in [0.25, 0.3) is 10.9 Å². The molecule has 0 aliphatic carbocycles. The van der Waals surface area contributed by atoms with Crippen molar-refractivity contribution in [3.05, 3.63) is 95.7 Å². The number of H-pyrrole nitrogens is 1. The minimum Gasteiger partial charge on any atom is -0.496 e. The first-order chi connectivity index (χ1) is 16.5. The first-order valence-electron chi connectivity index (χ1n) is 11.1. The zero-order chi connectivity index (χ0) is 25.4. The van der Waals surface area contributed by atoms with E-state index in [2.05, 4.69) is 9.97 Å². The van der Waals surface area contributed by atoms with Gasteiger partial charge < -0.3 is 14.8 Å². The molecule has 4 aromatic rings. The first kappa shape index (κ1) is 24.7. The summed E-state index contributed by atoms with van der Waals surface area (Å²) in [6, 6.07) is 15.1. The maximum atomic E-state index is 14.9. The van der Waals surface area contributed by atoms with E-state index in [0.29, 0.717) is 10.9 Å². The van der Waals surface area contributed by atoms with Gasteiger partial charge in [0.15, 0.2) is 5.60 Å². The molecule has 0 saturated heterocycles. The smallest absolute Gasteiger partial charge is 0.418 e. The molecule has 2 atom stereocenters. The maximum Gasteiger partial charge on any atom is 0.418 e. The summed E-state index contributed by atoms with van der Waals surface area (Å²) in [6.45, 7) is 3.08. The predicted octanol–water partition coefficient (Wildman–Crippen LogP) is 6.50. The lowest BCUT2D eigenvalue weighted by atomic mass is 9.67. The Hall–Kier alpha value is -3.39. The van der Waals surface area contributed by atoms with Crippen LogP contribution in [0.3, 0.4) is 0 Å². The van der Waals surface area contributed by atoms with Crippen molar-refractivity contribution in [2.24, 2.45) is 0 Å². The van der Waals surface area contributed by atoms with Crippen LogP contribution in [-0.2, 0) is 5.41 Å². The Balaban J connectivity index is 1.92. The average molecular weight is 487 g/mol. The maximum absolute atomic E-state index is 14.9. The molecule has 0 saturated carbocycles. The number of nitrogens with zero attached hydrogens (tertiary/aromatic N) is 1. The Labute approximate surface area is 200 Å². The summed E-state index contributed by atoms with van der Waals surface area (Å²) in [6.07, 6.45) is -2.71. The number of alkyl halides is 3. The van der Waals surface area contributed by atoms with Crippen molar-refractivity contribution in [2.75, 3.05) is 7.11 Å². The van der Waals surface area contributed by atoms with Crippen molar-refractivity contribution in [3.63, 3.8) is 0 Å². The van der Waals surface area contributed by atoms with E-state index in [1.165, 1.54) is 39.3 Å². The molecule has 0 aliphatic rings. The van der Waals surface area contributed by atoms with E-state index in [-0.39, 0.29) is 22.6 Å². The predicted molar refractivity (Wildman–Crippen MR) is 126 cm³/mol. The average Bonchev–Trinajstić information content (AvgIpc) is 3.22. The van der Waals surface area contributed by atoms with Gasteiger partial charge in [0.1, 0.15) is 11.6 Å². The number of ether oxygens (including phenoxy) is 1. The Morgan fingerprint density at radius 1 is 1.03 bits per heavy atom. The number of rotatable bonds is 7. The fourth-order valence-corrected chi connectivity index (χ4v) is 4.85. The zero-order valence-corrected chi connectivity index (χ0v) is 19.5. The largest absolute Gasteiger partial charge is 0.496 e. The van der Waals surface area contributed by atoms with Gasteiger partial charge in [-0.3, -0.25) is 4.98 Å². The summed E-state index contributed by atoms with van der Waals surface area (Å²) < 4.78 is 64.2. The fraction of sp³-hybridized carbons (Fsp3) is 0.296. The Bertz CT molecular complexity index is 1280. The number of halogens is 4. The Kier molecular flexibility index (Phi) is 6.36. The second kappa shape index (κ2) is 9.00. The van der Waals surface area contributed by atoms with Gasteiger partial charge >= 0.3 is 6.18 Å². The summed E-state index contributed by atoms with van der Waals surface area (Å²) in [5.41, 5.74) is -3.27. The van der Waals surface area contributed by atoms with Crippen LogP contribution < -0.4 is 4.74 Å². The molecule has 2 N–H and O–H groups in total.